The van der Waals surface area contributed by atoms with Crippen LogP contribution in [-0.4, -0.2) is 11.5 Å². The number of nitrogens with zero attached hydrogens (tertiary/aromatic N) is 1. The zero-order chi connectivity index (χ0) is 9.68. The van der Waals surface area contributed by atoms with E-state index in [1.807, 2.05) is 0 Å². The summed E-state index contributed by atoms with van der Waals surface area (Å²) in [5.74, 6) is 2.30. The Labute approximate surface area is 84.7 Å². The average Bonchev–Trinajstić information content (AvgIpc) is 2.09. The lowest BCUT2D eigenvalue weighted by Crippen LogP contribution is -2.04. The van der Waals surface area contributed by atoms with Crippen molar-refractivity contribution in [1.29, 1.82) is 0 Å². The Balaban J connectivity index is 2.62. The molecular formula is C9H8BrFN2. The fourth-order valence-electron chi connectivity index (χ4n) is 0.798. The maximum atomic E-state index is 13.1. The van der Waals surface area contributed by atoms with Crippen LogP contribution in [0.25, 0.3) is 0 Å². The molecule has 0 aliphatic carbocycles. The smallest absolute Gasteiger partial charge is 0.166 e. The Bertz CT molecular complexity index is 333. The lowest BCUT2D eigenvalue weighted by Gasteiger charge is -2.03. The van der Waals surface area contributed by atoms with E-state index < -0.39 is 0 Å². The third kappa shape index (κ3) is 3.03. The van der Waals surface area contributed by atoms with Gasteiger partial charge in [-0.1, -0.05) is 0 Å². The molecule has 13 heavy (non-hydrogen) atoms. The van der Waals surface area contributed by atoms with Crippen LogP contribution in [0.5, 0.6) is 0 Å². The molecule has 68 valence electrons. The van der Waals surface area contributed by atoms with Crippen molar-refractivity contribution in [2.45, 2.75) is 6.42 Å². The minimum Gasteiger partial charge on any atom is -0.367 e. The van der Waals surface area contributed by atoms with E-state index in [-0.39, 0.29) is 11.6 Å². The van der Waals surface area contributed by atoms with Crippen LogP contribution in [0.4, 0.5) is 10.2 Å². The lowest BCUT2D eigenvalue weighted by molar-refractivity contribution is 0.623. The summed E-state index contributed by atoms with van der Waals surface area (Å²) in [6, 6.07) is 1.35. The normalized spacial score (nSPS) is 9.31. The summed E-state index contributed by atoms with van der Waals surface area (Å²) in [5.41, 5.74) is 0. The van der Waals surface area contributed by atoms with Crippen LogP contribution in [-0.2, 0) is 0 Å². The first-order chi connectivity index (χ1) is 6.24. The summed E-state index contributed by atoms with van der Waals surface area (Å²) < 4.78 is 13.7. The van der Waals surface area contributed by atoms with Crippen LogP contribution in [0.2, 0.25) is 0 Å². The molecule has 2 nitrogen and oxygen atoms in total. The summed E-state index contributed by atoms with van der Waals surface area (Å²) in [5, 5.41) is 2.79. The first kappa shape index (κ1) is 10.0. The molecule has 0 spiro atoms. The monoisotopic (exact) mass is 242 g/mol. The highest BCUT2D eigenvalue weighted by Crippen LogP contribution is 2.15. The van der Waals surface area contributed by atoms with Crippen LogP contribution < -0.4 is 5.32 Å². The van der Waals surface area contributed by atoms with E-state index in [1.54, 1.807) is 0 Å². The summed E-state index contributed by atoms with van der Waals surface area (Å²) in [6.07, 6.45) is 7.12. The molecule has 0 aliphatic heterocycles. The highest BCUT2D eigenvalue weighted by atomic mass is 79.9. The molecule has 0 unspecified atom stereocenters. The van der Waals surface area contributed by atoms with Gasteiger partial charge >= 0.3 is 0 Å². The molecule has 1 aromatic rings. The van der Waals surface area contributed by atoms with Crippen molar-refractivity contribution in [3.8, 4) is 12.3 Å². The van der Waals surface area contributed by atoms with Gasteiger partial charge in [-0.25, -0.2) is 9.37 Å². The average molecular weight is 243 g/mol. The topological polar surface area (TPSA) is 24.9 Å². The Morgan fingerprint density at radius 2 is 2.46 bits per heavy atom. The van der Waals surface area contributed by atoms with Crippen LogP contribution >= 0.6 is 15.9 Å². The molecule has 0 bridgehead atoms. The second-order valence-corrected chi connectivity index (χ2v) is 3.28. The van der Waals surface area contributed by atoms with Gasteiger partial charge in [0.1, 0.15) is 0 Å². The third-order valence-electron chi connectivity index (χ3n) is 1.37. The predicted octanol–water partition coefficient (Wildman–Crippen LogP) is 2.42. The van der Waals surface area contributed by atoms with Gasteiger partial charge in [-0.2, -0.15) is 0 Å². The van der Waals surface area contributed by atoms with Crippen molar-refractivity contribution in [1.82, 2.24) is 4.98 Å². The molecule has 0 radical (unpaired) electrons. The number of terminal acetylenes is 1. The van der Waals surface area contributed by atoms with Crippen molar-refractivity contribution in [3.63, 3.8) is 0 Å². The summed E-state index contributed by atoms with van der Waals surface area (Å²) in [7, 11) is 0. The van der Waals surface area contributed by atoms with E-state index in [0.717, 1.165) is 0 Å². The molecule has 0 aromatic carbocycles. The molecule has 0 aliphatic rings. The zero-order valence-corrected chi connectivity index (χ0v) is 8.44. The van der Waals surface area contributed by atoms with Gasteiger partial charge in [0, 0.05) is 23.6 Å². The molecule has 0 saturated carbocycles. The molecule has 1 rings (SSSR count). The van der Waals surface area contributed by atoms with Gasteiger partial charge in [-0.15, -0.1) is 12.3 Å². The third-order valence-corrected chi connectivity index (χ3v) is 1.80. The second kappa shape index (κ2) is 4.83. The number of halogens is 2. The van der Waals surface area contributed by atoms with E-state index in [0.29, 0.717) is 17.4 Å². The van der Waals surface area contributed by atoms with Crippen molar-refractivity contribution < 1.29 is 4.39 Å². The van der Waals surface area contributed by atoms with Crippen molar-refractivity contribution >= 4 is 21.7 Å². The van der Waals surface area contributed by atoms with E-state index in [1.165, 1.54) is 12.3 Å². The Morgan fingerprint density at radius 3 is 3.08 bits per heavy atom. The second-order valence-electron chi connectivity index (χ2n) is 2.36. The molecule has 1 heterocycles. The fourth-order valence-corrected chi connectivity index (χ4v) is 1.10. The van der Waals surface area contributed by atoms with Crippen LogP contribution in [0.15, 0.2) is 16.7 Å². The van der Waals surface area contributed by atoms with Gasteiger partial charge < -0.3 is 5.32 Å². The summed E-state index contributed by atoms with van der Waals surface area (Å²) >= 11 is 3.12. The quantitative estimate of drug-likeness (QED) is 0.651. The van der Waals surface area contributed by atoms with E-state index in [4.69, 9.17) is 6.42 Å². The van der Waals surface area contributed by atoms with Crippen LogP contribution in [0, 0.1) is 18.2 Å². The maximum absolute atomic E-state index is 13.1. The fraction of sp³-hybridized carbons (Fsp3) is 0.222. The van der Waals surface area contributed by atoms with E-state index in [9.17, 15) is 4.39 Å². The largest absolute Gasteiger partial charge is 0.367 e. The Morgan fingerprint density at radius 1 is 1.69 bits per heavy atom. The predicted molar refractivity (Wildman–Crippen MR) is 53.8 cm³/mol. The zero-order valence-electron chi connectivity index (χ0n) is 6.85. The number of nitrogens with one attached hydrogen (secondary N) is 1. The van der Waals surface area contributed by atoms with Gasteiger partial charge in [-0.3, -0.25) is 0 Å². The SMILES string of the molecule is C#CCCNc1ncc(Br)cc1F. The summed E-state index contributed by atoms with van der Waals surface area (Å²) in [6.45, 7) is 0.530. The first-order valence-corrected chi connectivity index (χ1v) is 4.51. The van der Waals surface area contributed by atoms with Gasteiger partial charge in [0.2, 0.25) is 0 Å². The van der Waals surface area contributed by atoms with Gasteiger partial charge in [-0.05, 0) is 22.0 Å². The molecule has 0 amide bonds. The Hall–Kier alpha value is -1.08. The minimum atomic E-state index is -0.383. The van der Waals surface area contributed by atoms with Crippen molar-refractivity contribution in [2.24, 2.45) is 0 Å². The van der Waals surface area contributed by atoms with Gasteiger partial charge in [0.25, 0.3) is 0 Å². The number of pyridine rings is 1. The number of hydrogen-bond acceptors (Lipinski definition) is 2. The lowest BCUT2D eigenvalue weighted by atomic mass is 10.4. The maximum Gasteiger partial charge on any atom is 0.166 e. The highest BCUT2D eigenvalue weighted by Gasteiger charge is 2.02. The van der Waals surface area contributed by atoms with Crippen LogP contribution in [0.3, 0.4) is 0 Å². The van der Waals surface area contributed by atoms with E-state index in [2.05, 4.69) is 32.2 Å². The molecular weight excluding hydrogens is 235 g/mol. The van der Waals surface area contributed by atoms with Crippen LogP contribution in [0.1, 0.15) is 6.42 Å². The van der Waals surface area contributed by atoms with E-state index >= 15 is 0 Å². The number of hydrogen-bond donors (Lipinski definition) is 1. The number of aromatic nitrogens is 1. The molecule has 1 N–H and O–H groups in total. The molecule has 1 aromatic heterocycles. The van der Waals surface area contributed by atoms with Crippen molar-refractivity contribution in [2.75, 3.05) is 11.9 Å². The molecule has 0 saturated heterocycles. The minimum absolute atomic E-state index is 0.235. The molecule has 4 heteroatoms. The van der Waals surface area contributed by atoms with Gasteiger partial charge in [0.15, 0.2) is 11.6 Å². The Kier molecular flexibility index (Phi) is 3.71. The van der Waals surface area contributed by atoms with Crippen molar-refractivity contribution in [3.05, 3.63) is 22.6 Å². The first-order valence-electron chi connectivity index (χ1n) is 3.72. The molecule has 0 atom stereocenters. The molecule has 0 fully saturated rings. The van der Waals surface area contributed by atoms with Gasteiger partial charge in [0.05, 0.1) is 0 Å². The summed E-state index contributed by atoms with van der Waals surface area (Å²) in [4.78, 5) is 3.85. The highest BCUT2D eigenvalue weighted by molar-refractivity contribution is 9.10. The number of anilines is 1. The standard InChI is InChI=1S/C9H8BrFN2/c1-2-3-4-12-9-8(11)5-7(10)6-13-9/h1,5-6H,3-4H2,(H,12,13). The number of rotatable bonds is 3.